The lowest BCUT2D eigenvalue weighted by Crippen LogP contribution is -2.44. The highest BCUT2D eigenvalue weighted by molar-refractivity contribution is 7.18. The van der Waals surface area contributed by atoms with E-state index in [1.807, 2.05) is 41.7 Å². The van der Waals surface area contributed by atoms with Gasteiger partial charge in [-0.25, -0.2) is 0 Å². The summed E-state index contributed by atoms with van der Waals surface area (Å²) in [5, 5.41) is 9.45. The summed E-state index contributed by atoms with van der Waals surface area (Å²) >= 11 is 1.66. The van der Waals surface area contributed by atoms with Crippen LogP contribution in [-0.4, -0.2) is 24.8 Å². The van der Waals surface area contributed by atoms with Crippen molar-refractivity contribution >= 4 is 27.3 Å². The quantitative estimate of drug-likeness (QED) is 0.524. The van der Waals surface area contributed by atoms with Gasteiger partial charge in [-0.05, 0) is 37.3 Å². The third-order valence-electron chi connectivity index (χ3n) is 6.24. The molecule has 0 N–H and O–H groups in total. The molecule has 0 bridgehead atoms. The standard InChI is InChI=1S/C21H20N4O2S/c1-13-22-23-20-24(11-14-6-3-2-4-7-14)18(26)17-15-10-21(8-5-9-21)27-12-16(15)28-19(17)25(13)20/h2-4,6-7H,5,8-12H2,1H3. The Morgan fingerprint density at radius 1 is 1.21 bits per heavy atom. The molecule has 0 atom stereocenters. The molecule has 0 amide bonds. The Morgan fingerprint density at radius 2 is 2.04 bits per heavy atom. The van der Waals surface area contributed by atoms with Crippen molar-refractivity contribution in [3.8, 4) is 0 Å². The zero-order valence-electron chi connectivity index (χ0n) is 15.6. The van der Waals surface area contributed by atoms with Gasteiger partial charge in [0, 0.05) is 11.3 Å². The van der Waals surface area contributed by atoms with Crippen molar-refractivity contribution in [2.24, 2.45) is 0 Å². The van der Waals surface area contributed by atoms with E-state index in [1.54, 1.807) is 15.9 Å². The van der Waals surface area contributed by atoms with Crippen LogP contribution in [0.5, 0.6) is 0 Å². The van der Waals surface area contributed by atoms with Gasteiger partial charge in [-0.3, -0.25) is 13.8 Å². The van der Waals surface area contributed by atoms with Crippen molar-refractivity contribution in [1.82, 2.24) is 19.2 Å². The van der Waals surface area contributed by atoms with Crippen molar-refractivity contribution in [3.05, 3.63) is 62.5 Å². The molecule has 1 aliphatic heterocycles. The van der Waals surface area contributed by atoms with Gasteiger partial charge in [-0.1, -0.05) is 30.3 Å². The van der Waals surface area contributed by atoms with Crippen LogP contribution < -0.4 is 5.56 Å². The number of aryl methyl sites for hydroxylation is 1. The van der Waals surface area contributed by atoms with E-state index in [0.29, 0.717) is 18.9 Å². The maximum atomic E-state index is 13.7. The van der Waals surface area contributed by atoms with Gasteiger partial charge in [-0.2, -0.15) is 0 Å². The summed E-state index contributed by atoms with van der Waals surface area (Å²) < 4.78 is 10.0. The number of thiophene rings is 1. The van der Waals surface area contributed by atoms with E-state index >= 15 is 0 Å². The molecule has 1 saturated carbocycles. The molecule has 0 saturated heterocycles. The van der Waals surface area contributed by atoms with Gasteiger partial charge < -0.3 is 4.74 Å². The van der Waals surface area contributed by atoms with Gasteiger partial charge in [0.1, 0.15) is 10.7 Å². The Bertz CT molecular complexity index is 1280. The Labute approximate surface area is 165 Å². The predicted molar refractivity (Wildman–Crippen MR) is 108 cm³/mol. The summed E-state index contributed by atoms with van der Waals surface area (Å²) in [6.45, 7) is 3.04. The van der Waals surface area contributed by atoms with Crippen molar-refractivity contribution in [2.45, 2.75) is 51.4 Å². The van der Waals surface area contributed by atoms with E-state index < -0.39 is 0 Å². The van der Waals surface area contributed by atoms with Crippen LogP contribution in [0.1, 0.15) is 41.1 Å². The van der Waals surface area contributed by atoms with E-state index in [4.69, 9.17) is 4.74 Å². The van der Waals surface area contributed by atoms with Crippen molar-refractivity contribution in [2.75, 3.05) is 0 Å². The highest BCUT2D eigenvalue weighted by Crippen LogP contribution is 2.46. The number of hydrogen-bond donors (Lipinski definition) is 0. The van der Waals surface area contributed by atoms with Crippen molar-refractivity contribution in [1.29, 1.82) is 0 Å². The molecule has 3 aromatic heterocycles. The summed E-state index contributed by atoms with van der Waals surface area (Å²) in [5.74, 6) is 1.41. The van der Waals surface area contributed by atoms with Gasteiger partial charge >= 0.3 is 0 Å². The SMILES string of the molecule is Cc1nnc2n(Cc3ccccc3)c(=O)c3c4c(sc3n12)COC1(CCC1)C4. The summed E-state index contributed by atoms with van der Waals surface area (Å²) in [5.41, 5.74) is 2.25. The monoisotopic (exact) mass is 392 g/mol. The molecule has 142 valence electrons. The first-order chi connectivity index (χ1) is 13.7. The highest BCUT2D eigenvalue weighted by Gasteiger charge is 2.43. The molecule has 6 rings (SSSR count). The molecule has 1 spiro atoms. The van der Waals surface area contributed by atoms with Crippen LogP contribution in [0.2, 0.25) is 0 Å². The lowest BCUT2D eigenvalue weighted by molar-refractivity contribution is -0.116. The van der Waals surface area contributed by atoms with Crippen LogP contribution in [-0.2, 0) is 24.3 Å². The van der Waals surface area contributed by atoms with Gasteiger partial charge in [0.05, 0.1) is 24.1 Å². The average Bonchev–Trinajstić information content (AvgIpc) is 3.24. The summed E-state index contributed by atoms with van der Waals surface area (Å²) in [4.78, 5) is 15.8. The largest absolute Gasteiger partial charge is 0.369 e. The van der Waals surface area contributed by atoms with Gasteiger partial charge in [-0.15, -0.1) is 21.5 Å². The fourth-order valence-corrected chi connectivity index (χ4v) is 5.83. The minimum Gasteiger partial charge on any atom is -0.369 e. The Kier molecular flexibility index (Phi) is 3.38. The van der Waals surface area contributed by atoms with Crippen molar-refractivity contribution in [3.63, 3.8) is 0 Å². The van der Waals surface area contributed by atoms with E-state index in [2.05, 4.69) is 10.2 Å². The highest BCUT2D eigenvalue weighted by atomic mass is 32.1. The summed E-state index contributed by atoms with van der Waals surface area (Å²) in [6.07, 6.45) is 4.24. The summed E-state index contributed by atoms with van der Waals surface area (Å²) in [6, 6.07) is 10.1. The Hall–Kier alpha value is -2.51. The molecule has 4 heterocycles. The third kappa shape index (κ3) is 2.20. The first kappa shape index (κ1) is 16.4. The molecule has 1 aliphatic carbocycles. The molecule has 1 aromatic carbocycles. The molecule has 0 unspecified atom stereocenters. The molecule has 1 fully saturated rings. The van der Waals surface area contributed by atoms with Gasteiger partial charge in [0.25, 0.3) is 5.56 Å². The molecule has 0 radical (unpaired) electrons. The van der Waals surface area contributed by atoms with Crippen LogP contribution in [0.3, 0.4) is 0 Å². The van der Waals surface area contributed by atoms with Crippen LogP contribution in [0.4, 0.5) is 0 Å². The fourth-order valence-electron chi connectivity index (χ4n) is 4.56. The minimum absolute atomic E-state index is 0.0348. The maximum absolute atomic E-state index is 13.7. The smallest absolute Gasteiger partial charge is 0.264 e. The van der Waals surface area contributed by atoms with E-state index in [1.165, 1.54) is 16.9 Å². The second kappa shape index (κ2) is 5.75. The molecule has 4 aromatic rings. The number of hydrogen-bond acceptors (Lipinski definition) is 5. The summed E-state index contributed by atoms with van der Waals surface area (Å²) in [7, 11) is 0. The van der Waals surface area contributed by atoms with Crippen LogP contribution >= 0.6 is 11.3 Å². The zero-order chi connectivity index (χ0) is 18.9. The zero-order valence-corrected chi connectivity index (χ0v) is 16.5. The third-order valence-corrected chi connectivity index (χ3v) is 7.43. The fraction of sp³-hybridized carbons (Fsp3) is 0.381. The molecule has 7 heteroatoms. The maximum Gasteiger partial charge on any atom is 0.264 e. The number of fused-ring (bicyclic) bond motifs is 5. The molecule has 2 aliphatic rings. The molecular weight excluding hydrogens is 372 g/mol. The lowest BCUT2D eigenvalue weighted by atomic mass is 9.74. The van der Waals surface area contributed by atoms with Crippen LogP contribution in [0.25, 0.3) is 16.0 Å². The Morgan fingerprint density at radius 3 is 2.79 bits per heavy atom. The first-order valence-corrected chi connectivity index (χ1v) is 10.5. The molecular formula is C21H20N4O2S. The van der Waals surface area contributed by atoms with Crippen LogP contribution in [0, 0.1) is 6.92 Å². The normalized spacial score (nSPS) is 17.9. The second-order valence-electron chi connectivity index (χ2n) is 7.95. The van der Waals surface area contributed by atoms with Crippen LogP contribution in [0.15, 0.2) is 35.1 Å². The molecule has 28 heavy (non-hydrogen) atoms. The number of benzene rings is 1. The lowest BCUT2D eigenvalue weighted by Gasteiger charge is -2.44. The van der Waals surface area contributed by atoms with Gasteiger partial charge in [0.15, 0.2) is 0 Å². The number of rotatable bonds is 2. The second-order valence-corrected chi connectivity index (χ2v) is 9.03. The van der Waals surface area contributed by atoms with E-state index in [0.717, 1.165) is 40.9 Å². The topological polar surface area (TPSA) is 61.4 Å². The average molecular weight is 392 g/mol. The predicted octanol–water partition coefficient (Wildman–Crippen LogP) is 3.46. The first-order valence-electron chi connectivity index (χ1n) is 9.72. The van der Waals surface area contributed by atoms with E-state index in [9.17, 15) is 4.79 Å². The number of aromatic nitrogens is 4. The number of nitrogens with zero attached hydrogens (tertiary/aromatic N) is 4. The van der Waals surface area contributed by atoms with E-state index in [-0.39, 0.29) is 11.2 Å². The number of ether oxygens (including phenoxy) is 1. The minimum atomic E-state index is -0.0467. The Balaban J connectivity index is 1.64. The van der Waals surface area contributed by atoms with Gasteiger partial charge in [0.2, 0.25) is 5.78 Å². The molecule has 6 nitrogen and oxygen atoms in total. The van der Waals surface area contributed by atoms with Crippen molar-refractivity contribution < 1.29 is 4.74 Å².